The van der Waals surface area contributed by atoms with Crippen LogP contribution in [0.1, 0.15) is 42.7 Å². The first-order chi connectivity index (χ1) is 9.51. The molecular weight excluding hydrogens is 250 g/mol. The molecular formula is C15H23N5. The van der Waals surface area contributed by atoms with Gasteiger partial charge in [0.1, 0.15) is 11.6 Å². The summed E-state index contributed by atoms with van der Waals surface area (Å²) >= 11 is 0. The Kier molecular flexibility index (Phi) is 4.37. The zero-order valence-electron chi connectivity index (χ0n) is 12.9. The Hall–Kier alpha value is -1.91. The highest BCUT2D eigenvalue weighted by molar-refractivity contribution is 5.43. The molecule has 0 saturated carbocycles. The van der Waals surface area contributed by atoms with E-state index in [1.54, 1.807) is 0 Å². The fraction of sp³-hybridized carbons (Fsp3) is 0.533. The van der Waals surface area contributed by atoms with Crippen molar-refractivity contribution in [1.29, 1.82) is 0 Å². The minimum Gasteiger partial charge on any atom is -0.368 e. The molecule has 0 aliphatic carbocycles. The first kappa shape index (κ1) is 14.5. The number of hydrogen-bond donors (Lipinski definition) is 1. The fourth-order valence-corrected chi connectivity index (χ4v) is 2.33. The van der Waals surface area contributed by atoms with E-state index in [1.165, 1.54) is 5.69 Å². The molecule has 1 atom stereocenters. The molecule has 0 bridgehead atoms. The number of hydrogen-bond acceptors (Lipinski definition) is 4. The van der Waals surface area contributed by atoms with Gasteiger partial charge in [-0.05, 0) is 40.2 Å². The lowest BCUT2D eigenvalue weighted by Crippen LogP contribution is -2.19. The number of anilines is 1. The van der Waals surface area contributed by atoms with Crippen molar-refractivity contribution in [3.63, 3.8) is 0 Å². The topological polar surface area (TPSA) is 55.6 Å². The second-order valence-corrected chi connectivity index (χ2v) is 5.25. The average molecular weight is 273 g/mol. The smallest absolute Gasteiger partial charge is 0.132 e. The summed E-state index contributed by atoms with van der Waals surface area (Å²) in [6.07, 6.45) is 2.83. The Balaban J connectivity index is 2.08. The molecule has 0 saturated heterocycles. The van der Waals surface area contributed by atoms with Crippen molar-refractivity contribution in [2.75, 3.05) is 11.9 Å². The highest BCUT2D eigenvalue weighted by atomic mass is 15.3. The standard InChI is InChI=1S/C15H23N5/c1-6-14-9-16-13(5)18-15(14)17-8-12(4)20-11(3)7-10(2)19-20/h7,9,12H,6,8H2,1-5H3,(H,16,17,18)/t12-/m1/s1. The molecule has 0 unspecified atom stereocenters. The minimum absolute atomic E-state index is 0.281. The third kappa shape index (κ3) is 3.15. The van der Waals surface area contributed by atoms with Crippen molar-refractivity contribution in [2.24, 2.45) is 0 Å². The maximum atomic E-state index is 4.53. The molecule has 2 heterocycles. The van der Waals surface area contributed by atoms with E-state index >= 15 is 0 Å². The van der Waals surface area contributed by atoms with Crippen LogP contribution in [-0.2, 0) is 6.42 Å². The monoisotopic (exact) mass is 273 g/mol. The van der Waals surface area contributed by atoms with Gasteiger partial charge in [0, 0.05) is 24.0 Å². The van der Waals surface area contributed by atoms with Crippen LogP contribution in [-0.4, -0.2) is 26.3 Å². The van der Waals surface area contributed by atoms with Crippen LogP contribution < -0.4 is 5.32 Å². The van der Waals surface area contributed by atoms with Crippen molar-refractivity contribution in [2.45, 2.75) is 47.1 Å². The molecule has 0 spiro atoms. The summed E-state index contributed by atoms with van der Waals surface area (Å²) in [6, 6.07) is 2.38. The van der Waals surface area contributed by atoms with Crippen LogP contribution in [0.4, 0.5) is 5.82 Å². The van der Waals surface area contributed by atoms with Crippen LogP contribution in [0.15, 0.2) is 12.3 Å². The third-order valence-corrected chi connectivity index (χ3v) is 3.39. The Morgan fingerprint density at radius 1 is 1.30 bits per heavy atom. The predicted molar refractivity (Wildman–Crippen MR) is 81.0 cm³/mol. The summed E-state index contributed by atoms with van der Waals surface area (Å²) in [4.78, 5) is 8.73. The Bertz CT molecular complexity index is 588. The molecule has 108 valence electrons. The zero-order chi connectivity index (χ0) is 14.7. The summed E-state index contributed by atoms with van der Waals surface area (Å²) < 4.78 is 2.06. The van der Waals surface area contributed by atoms with Gasteiger partial charge in [-0.1, -0.05) is 6.92 Å². The Morgan fingerprint density at radius 2 is 2.05 bits per heavy atom. The number of nitrogens with zero attached hydrogens (tertiary/aromatic N) is 4. The molecule has 5 nitrogen and oxygen atoms in total. The lowest BCUT2D eigenvalue weighted by atomic mass is 10.2. The van der Waals surface area contributed by atoms with E-state index in [9.17, 15) is 0 Å². The van der Waals surface area contributed by atoms with Gasteiger partial charge in [0.05, 0.1) is 11.7 Å². The van der Waals surface area contributed by atoms with Crippen molar-refractivity contribution >= 4 is 5.82 Å². The lowest BCUT2D eigenvalue weighted by Gasteiger charge is -2.17. The van der Waals surface area contributed by atoms with Gasteiger partial charge in [0.15, 0.2) is 0 Å². The molecule has 2 aromatic rings. The van der Waals surface area contributed by atoms with E-state index in [2.05, 4.69) is 51.9 Å². The molecule has 2 aromatic heterocycles. The molecule has 0 aromatic carbocycles. The maximum Gasteiger partial charge on any atom is 0.132 e. The summed E-state index contributed by atoms with van der Waals surface area (Å²) in [5.74, 6) is 1.73. The van der Waals surface area contributed by atoms with Crippen LogP contribution in [0.25, 0.3) is 0 Å². The number of aryl methyl sites for hydroxylation is 4. The molecule has 20 heavy (non-hydrogen) atoms. The van der Waals surface area contributed by atoms with E-state index in [0.717, 1.165) is 35.9 Å². The van der Waals surface area contributed by atoms with Crippen LogP contribution in [0.5, 0.6) is 0 Å². The molecule has 0 fully saturated rings. The van der Waals surface area contributed by atoms with Gasteiger partial charge in [-0.3, -0.25) is 4.68 Å². The van der Waals surface area contributed by atoms with Gasteiger partial charge < -0.3 is 5.32 Å². The quantitative estimate of drug-likeness (QED) is 0.910. The predicted octanol–water partition coefficient (Wildman–Crippen LogP) is 2.83. The first-order valence-electron chi connectivity index (χ1n) is 7.10. The molecule has 2 rings (SSSR count). The van der Waals surface area contributed by atoms with Crippen LogP contribution in [0.3, 0.4) is 0 Å². The zero-order valence-corrected chi connectivity index (χ0v) is 12.9. The first-order valence-corrected chi connectivity index (χ1v) is 7.10. The third-order valence-electron chi connectivity index (χ3n) is 3.39. The van der Waals surface area contributed by atoms with Gasteiger partial charge in [-0.15, -0.1) is 0 Å². The molecule has 1 N–H and O–H groups in total. The fourth-order valence-electron chi connectivity index (χ4n) is 2.33. The maximum absolute atomic E-state index is 4.53. The van der Waals surface area contributed by atoms with Crippen molar-refractivity contribution < 1.29 is 0 Å². The number of nitrogens with one attached hydrogen (secondary N) is 1. The summed E-state index contributed by atoms with van der Waals surface area (Å²) in [5.41, 5.74) is 3.39. The molecule has 0 amide bonds. The second kappa shape index (κ2) is 6.03. The lowest BCUT2D eigenvalue weighted by molar-refractivity contribution is 0.497. The van der Waals surface area contributed by atoms with E-state index in [0.29, 0.717) is 0 Å². The Morgan fingerprint density at radius 3 is 2.65 bits per heavy atom. The highest BCUT2D eigenvalue weighted by Crippen LogP contribution is 2.15. The van der Waals surface area contributed by atoms with Gasteiger partial charge in [0.25, 0.3) is 0 Å². The average Bonchev–Trinajstić information content (AvgIpc) is 2.75. The normalized spacial score (nSPS) is 12.4. The molecule has 0 aliphatic heterocycles. The van der Waals surface area contributed by atoms with E-state index in [-0.39, 0.29) is 6.04 Å². The van der Waals surface area contributed by atoms with E-state index in [4.69, 9.17) is 0 Å². The van der Waals surface area contributed by atoms with Crippen molar-refractivity contribution in [3.05, 3.63) is 35.0 Å². The van der Waals surface area contributed by atoms with E-state index in [1.807, 2.05) is 20.0 Å². The summed E-state index contributed by atoms with van der Waals surface area (Å²) in [7, 11) is 0. The molecule has 5 heteroatoms. The van der Waals surface area contributed by atoms with Crippen molar-refractivity contribution in [1.82, 2.24) is 19.7 Å². The van der Waals surface area contributed by atoms with E-state index < -0.39 is 0 Å². The molecule has 0 radical (unpaired) electrons. The Labute approximate surface area is 120 Å². The van der Waals surface area contributed by atoms with Crippen LogP contribution in [0.2, 0.25) is 0 Å². The van der Waals surface area contributed by atoms with Crippen molar-refractivity contribution in [3.8, 4) is 0 Å². The number of rotatable bonds is 5. The van der Waals surface area contributed by atoms with Gasteiger partial charge >= 0.3 is 0 Å². The van der Waals surface area contributed by atoms with Crippen LogP contribution in [0, 0.1) is 20.8 Å². The summed E-state index contributed by atoms with van der Waals surface area (Å²) in [5, 5.41) is 7.95. The summed E-state index contributed by atoms with van der Waals surface area (Å²) in [6.45, 7) is 11.1. The minimum atomic E-state index is 0.281. The van der Waals surface area contributed by atoms with Gasteiger partial charge in [-0.25, -0.2) is 9.97 Å². The van der Waals surface area contributed by atoms with Gasteiger partial charge in [0.2, 0.25) is 0 Å². The highest BCUT2D eigenvalue weighted by Gasteiger charge is 2.11. The SMILES string of the molecule is CCc1cnc(C)nc1NC[C@@H](C)n1nc(C)cc1C. The largest absolute Gasteiger partial charge is 0.368 e. The van der Waals surface area contributed by atoms with Crippen LogP contribution >= 0.6 is 0 Å². The molecule has 0 aliphatic rings. The second-order valence-electron chi connectivity index (χ2n) is 5.25. The van der Waals surface area contributed by atoms with Gasteiger partial charge in [-0.2, -0.15) is 5.10 Å². The number of aromatic nitrogens is 4.